The number of hydrogen-bond donors (Lipinski definition) is 0. The largest absolute Gasteiger partial charge is 0.272 e. The average Bonchev–Trinajstić information content (AvgIpc) is 2.15. The highest BCUT2D eigenvalue weighted by Gasteiger charge is 1.93. The van der Waals surface area contributed by atoms with E-state index in [0.717, 1.165) is 6.54 Å². The van der Waals surface area contributed by atoms with Gasteiger partial charge in [-0.05, 0) is 12.0 Å². The summed E-state index contributed by atoms with van der Waals surface area (Å²) in [6, 6.07) is 1.93. The van der Waals surface area contributed by atoms with Crippen molar-refractivity contribution in [2.45, 2.75) is 20.4 Å². The zero-order valence-corrected chi connectivity index (χ0v) is 5.83. The van der Waals surface area contributed by atoms with Crippen LogP contribution in [-0.2, 0) is 6.54 Å². The zero-order chi connectivity index (χ0) is 6.69. The highest BCUT2D eigenvalue weighted by atomic mass is 15.3. The van der Waals surface area contributed by atoms with E-state index < -0.39 is 0 Å². The van der Waals surface area contributed by atoms with Crippen molar-refractivity contribution in [3.63, 3.8) is 0 Å². The van der Waals surface area contributed by atoms with Gasteiger partial charge in [0, 0.05) is 18.9 Å². The Hall–Kier alpha value is -0.790. The van der Waals surface area contributed by atoms with Crippen LogP contribution in [0.4, 0.5) is 0 Å². The molecule has 1 aromatic heterocycles. The van der Waals surface area contributed by atoms with E-state index in [0.29, 0.717) is 0 Å². The number of nitrogens with zero attached hydrogens (tertiary/aromatic N) is 2. The van der Waals surface area contributed by atoms with Crippen molar-refractivity contribution in [1.29, 1.82) is 0 Å². The predicted octanol–water partition coefficient (Wildman–Crippen LogP) is 1.50. The van der Waals surface area contributed by atoms with Gasteiger partial charge in [-0.3, -0.25) is 4.68 Å². The summed E-state index contributed by atoms with van der Waals surface area (Å²) in [4.78, 5) is 0. The van der Waals surface area contributed by atoms with Crippen molar-refractivity contribution in [3.8, 4) is 0 Å². The van der Waals surface area contributed by atoms with Crippen LogP contribution in [0.2, 0.25) is 0 Å². The Kier molecular flexibility index (Phi) is 1.88. The molecule has 0 amide bonds. The summed E-state index contributed by atoms with van der Waals surface area (Å²) in [7, 11) is 0. The number of rotatable bonds is 2. The third kappa shape index (κ3) is 1.88. The third-order valence-corrected chi connectivity index (χ3v) is 1.04. The molecule has 0 atom stereocenters. The fourth-order valence-electron chi connectivity index (χ4n) is 0.718. The Morgan fingerprint density at radius 2 is 2.33 bits per heavy atom. The lowest BCUT2D eigenvalue weighted by Gasteiger charge is -2.01. The minimum Gasteiger partial charge on any atom is -0.272 e. The van der Waals surface area contributed by atoms with Crippen LogP contribution >= 0.6 is 0 Å². The Labute approximate surface area is 55.5 Å². The summed E-state index contributed by atoms with van der Waals surface area (Å²) in [5, 5.41) is 4.05. The Morgan fingerprint density at radius 3 is 2.78 bits per heavy atom. The second kappa shape index (κ2) is 2.67. The minimum absolute atomic E-state index is 0.938. The van der Waals surface area contributed by atoms with Gasteiger partial charge in [-0.15, -0.1) is 0 Å². The van der Waals surface area contributed by atoms with Crippen molar-refractivity contribution >= 4 is 0 Å². The fraction of sp³-hybridized carbons (Fsp3) is 0.429. The van der Waals surface area contributed by atoms with Crippen LogP contribution in [0, 0.1) is 5.92 Å². The topological polar surface area (TPSA) is 17.8 Å². The van der Waals surface area contributed by atoms with Crippen LogP contribution in [0.15, 0.2) is 18.5 Å². The summed E-state index contributed by atoms with van der Waals surface area (Å²) in [6.45, 7) is 5.14. The van der Waals surface area contributed by atoms with Crippen LogP contribution in [0.3, 0.4) is 0 Å². The normalized spacial score (nSPS) is 10.6. The van der Waals surface area contributed by atoms with Gasteiger partial charge in [0.05, 0.1) is 0 Å². The smallest absolute Gasteiger partial charge is 0.0489 e. The maximum absolute atomic E-state index is 4.05. The van der Waals surface area contributed by atoms with Crippen molar-refractivity contribution in [2.75, 3.05) is 0 Å². The van der Waals surface area contributed by atoms with Crippen molar-refractivity contribution in [2.24, 2.45) is 0 Å². The minimum atomic E-state index is 0.938. The molecule has 0 aliphatic heterocycles. The van der Waals surface area contributed by atoms with Gasteiger partial charge >= 0.3 is 0 Å². The third-order valence-electron chi connectivity index (χ3n) is 1.04. The maximum atomic E-state index is 4.05. The van der Waals surface area contributed by atoms with E-state index in [-0.39, 0.29) is 0 Å². The maximum Gasteiger partial charge on any atom is 0.0489 e. The van der Waals surface area contributed by atoms with Gasteiger partial charge in [0.1, 0.15) is 0 Å². The van der Waals surface area contributed by atoms with E-state index in [2.05, 4.69) is 18.9 Å². The van der Waals surface area contributed by atoms with Crippen LogP contribution in [-0.4, -0.2) is 9.78 Å². The molecule has 9 heavy (non-hydrogen) atoms. The molecule has 49 valence electrons. The molecule has 2 nitrogen and oxygen atoms in total. The fourth-order valence-corrected chi connectivity index (χ4v) is 0.718. The van der Waals surface area contributed by atoms with Gasteiger partial charge in [-0.2, -0.15) is 5.10 Å². The Balaban J connectivity index is 2.48. The molecule has 2 heteroatoms. The first kappa shape index (κ1) is 6.33. The molecule has 0 unspecified atom stereocenters. The quantitative estimate of drug-likeness (QED) is 0.582. The van der Waals surface area contributed by atoms with E-state index in [1.807, 2.05) is 16.9 Å². The molecule has 0 bridgehead atoms. The van der Waals surface area contributed by atoms with Gasteiger partial charge in [-0.1, -0.05) is 13.8 Å². The molecular formula is C7H11N2. The molecule has 1 radical (unpaired) electrons. The van der Waals surface area contributed by atoms with E-state index in [4.69, 9.17) is 0 Å². The van der Waals surface area contributed by atoms with E-state index >= 15 is 0 Å². The second-order valence-corrected chi connectivity index (χ2v) is 2.41. The Bertz CT molecular complexity index is 153. The number of hydrogen-bond acceptors (Lipinski definition) is 1. The first-order valence-corrected chi connectivity index (χ1v) is 3.05. The summed E-state index contributed by atoms with van der Waals surface area (Å²) < 4.78 is 1.91. The highest BCUT2D eigenvalue weighted by molar-refractivity contribution is 4.83. The van der Waals surface area contributed by atoms with E-state index in [9.17, 15) is 0 Å². The molecule has 1 aromatic rings. The average molecular weight is 123 g/mol. The van der Waals surface area contributed by atoms with Crippen molar-refractivity contribution < 1.29 is 0 Å². The summed E-state index contributed by atoms with van der Waals surface area (Å²) in [5.74, 6) is 1.37. The molecule has 0 saturated carbocycles. The van der Waals surface area contributed by atoms with Gasteiger partial charge in [0.2, 0.25) is 0 Å². The zero-order valence-electron chi connectivity index (χ0n) is 5.83. The molecular weight excluding hydrogens is 112 g/mol. The highest BCUT2D eigenvalue weighted by Crippen LogP contribution is 1.98. The Morgan fingerprint density at radius 1 is 1.56 bits per heavy atom. The van der Waals surface area contributed by atoms with Crippen molar-refractivity contribution in [3.05, 3.63) is 24.4 Å². The lowest BCUT2D eigenvalue weighted by Crippen LogP contribution is -2.02. The molecule has 1 rings (SSSR count). The van der Waals surface area contributed by atoms with Crippen LogP contribution in [0.1, 0.15) is 13.8 Å². The van der Waals surface area contributed by atoms with Gasteiger partial charge in [0.15, 0.2) is 0 Å². The molecule has 0 aliphatic rings. The lowest BCUT2D eigenvalue weighted by molar-refractivity contribution is 0.629. The molecule has 0 aromatic carbocycles. The van der Waals surface area contributed by atoms with E-state index in [1.165, 1.54) is 5.92 Å². The molecule has 1 heterocycles. The molecule has 0 saturated heterocycles. The van der Waals surface area contributed by atoms with Gasteiger partial charge in [-0.25, -0.2) is 0 Å². The first-order chi connectivity index (χ1) is 4.29. The molecule has 0 aliphatic carbocycles. The van der Waals surface area contributed by atoms with Crippen molar-refractivity contribution in [1.82, 2.24) is 9.78 Å². The van der Waals surface area contributed by atoms with Crippen LogP contribution < -0.4 is 0 Å². The predicted molar refractivity (Wildman–Crippen MR) is 36.8 cm³/mol. The SMILES string of the molecule is C[C](C)Cn1cccn1. The standard InChI is InChI=1S/C7H11N2/c1-7(2)6-9-5-3-4-8-9/h3-5H,6H2,1-2H3. The summed E-state index contributed by atoms with van der Waals surface area (Å²) in [6.07, 6.45) is 3.76. The van der Waals surface area contributed by atoms with Gasteiger partial charge in [0.25, 0.3) is 0 Å². The second-order valence-electron chi connectivity index (χ2n) is 2.41. The molecule has 0 spiro atoms. The van der Waals surface area contributed by atoms with Gasteiger partial charge < -0.3 is 0 Å². The first-order valence-electron chi connectivity index (χ1n) is 3.05. The lowest BCUT2D eigenvalue weighted by atomic mass is 10.2. The van der Waals surface area contributed by atoms with Crippen LogP contribution in [0.25, 0.3) is 0 Å². The summed E-state index contributed by atoms with van der Waals surface area (Å²) in [5.41, 5.74) is 0. The molecule has 0 fully saturated rings. The van der Waals surface area contributed by atoms with E-state index in [1.54, 1.807) is 6.20 Å². The summed E-state index contributed by atoms with van der Waals surface area (Å²) >= 11 is 0. The molecule has 0 N–H and O–H groups in total. The monoisotopic (exact) mass is 123 g/mol. The number of aromatic nitrogens is 2. The van der Waals surface area contributed by atoms with Crippen LogP contribution in [0.5, 0.6) is 0 Å².